The number of hydrogen-bond acceptors (Lipinski definition) is 5. The molecule has 31 heavy (non-hydrogen) atoms. The van der Waals surface area contributed by atoms with Crippen molar-refractivity contribution in [3.05, 3.63) is 53.6 Å². The van der Waals surface area contributed by atoms with Gasteiger partial charge in [-0.05, 0) is 50.1 Å². The average molecular weight is 425 g/mol. The van der Waals surface area contributed by atoms with Gasteiger partial charge in [-0.1, -0.05) is 12.1 Å². The molecule has 2 aromatic carbocycles. The molecule has 0 spiro atoms. The summed E-state index contributed by atoms with van der Waals surface area (Å²) in [6, 6.07) is 14.1. The number of urea groups is 1. The fraction of sp³-hybridized carbons (Fsp3) is 0.348. The highest BCUT2D eigenvalue weighted by atomic mass is 16.5. The van der Waals surface area contributed by atoms with E-state index in [0.29, 0.717) is 48.7 Å². The van der Waals surface area contributed by atoms with Crippen LogP contribution in [-0.2, 0) is 11.3 Å². The second-order valence-electron chi connectivity index (χ2n) is 7.16. The highest BCUT2D eigenvalue weighted by Gasteiger charge is 2.07. The van der Waals surface area contributed by atoms with Gasteiger partial charge in [0.15, 0.2) is 11.5 Å². The van der Waals surface area contributed by atoms with Crippen LogP contribution in [0.4, 0.5) is 10.5 Å². The Bertz CT molecular complexity index is 920. The summed E-state index contributed by atoms with van der Waals surface area (Å²) in [5.74, 6) is 0.953. The summed E-state index contributed by atoms with van der Waals surface area (Å²) in [5.41, 5.74) is 2.11. The van der Waals surface area contributed by atoms with E-state index >= 15 is 0 Å². The van der Waals surface area contributed by atoms with Gasteiger partial charge in [-0.25, -0.2) is 4.79 Å². The summed E-state index contributed by atoms with van der Waals surface area (Å²) in [6.45, 7) is 4.54. The number of ether oxygens (including phenoxy) is 2. The molecule has 0 bridgehead atoms. The van der Waals surface area contributed by atoms with Crippen molar-refractivity contribution in [2.45, 2.75) is 39.3 Å². The van der Waals surface area contributed by atoms with Gasteiger partial charge in [0.2, 0.25) is 5.91 Å². The van der Waals surface area contributed by atoms with Crippen molar-refractivity contribution in [2.24, 2.45) is 0 Å². The molecule has 3 amide bonds. The largest absolute Gasteiger partial charge is 0.493 e. The third-order valence-corrected chi connectivity index (χ3v) is 4.22. The van der Waals surface area contributed by atoms with E-state index < -0.39 is 0 Å². The first-order chi connectivity index (χ1) is 14.9. The first-order valence-corrected chi connectivity index (χ1v) is 10.1. The van der Waals surface area contributed by atoms with Crippen molar-refractivity contribution < 1.29 is 19.1 Å². The number of nitrogens with one attached hydrogen (secondary N) is 3. The molecule has 2 rings (SSSR count). The van der Waals surface area contributed by atoms with Gasteiger partial charge in [0.25, 0.3) is 0 Å². The normalized spacial score (nSPS) is 10.2. The van der Waals surface area contributed by atoms with Crippen LogP contribution in [0.25, 0.3) is 0 Å². The van der Waals surface area contributed by atoms with Crippen molar-refractivity contribution in [2.75, 3.05) is 19.0 Å². The lowest BCUT2D eigenvalue weighted by Gasteiger charge is -2.11. The van der Waals surface area contributed by atoms with Gasteiger partial charge in [0.1, 0.15) is 0 Å². The average Bonchev–Trinajstić information content (AvgIpc) is 2.75. The third-order valence-electron chi connectivity index (χ3n) is 4.22. The second-order valence-corrected chi connectivity index (χ2v) is 7.16. The highest BCUT2D eigenvalue weighted by Crippen LogP contribution is 2.27. The minimum Gasteiger partial charge on any atom is -0.493 e. The summed E-state index contributed by atoms with van der Waals surface area (Å²) < 4.78 is 10.9. The van der Waals surface area contributed by atoms with E-state index in [1.54, 1.807) is 30.3 Å². The van der Waals surface area contributed by atoms with E-state index in [2.05, 4.69) is 16.0 Å². The summed E-state index contributed by atoms with van der Waals surface area (Å²) in [7, 11) is 1.51. The quantitative estimate of drug-likeness (QED) is 0.505. The SMILES string of the molecule is COc1cc(C#N)ccc1OCCCC(=O)NCc1ccc(NC(=O)NC(C)C)cc1. The molecule has 2 aromatic rings. The van der Waals surface area contributed by atoms with Gasteiger partial charge in [-0.15, -0.1) is 0 Å². The summed E-state index contributed by atoms with van der Waals surface area (Å²) in [4.78, 5) is 23.8. The maximum Gasteiger partial charge on any atom is 0.319 e. The number of anilines is 1. The Morgan fingerprint density at radius 2 is 1.84 bits per heavy atom. The lowest BCUT2D eigenvalue weighted by molar-refractivity contribution is -0.121. The minimum absolute atomic E-state index is 0.0611. The van der Waals surface area contributed by atoms with E-state index in [0.717, 1.165) is 5.56 Å². The molecule has 0 saturated carbocycles. The number of carbonyl (C=O) groups excluding carboxylic acids is 2. The van der Waals surface area contributed by atoms with Gasteiger partial charge in [0.05, 0.1) is 25.3 Å². The number of rotatable bonds is 10. The monoisotopic (exact) mass is 424 g/mol. The topological polar surface area (TPSA) is 112 Å². The van der Waals surface area contributed by atoms with E-state index in [9.17, 15) is 9.59 Å². The lowest BCUT2D eigenvalue weighted by Crippen LogP contribution is -2.34. The molecular formula is C23H28N4O4. The maximum absolute atomic E-state index is 12.1. The molecule has 0 fully saturated rings. The van der Waals surface area contributed by atoms with Crippen LogP contribution in [0.15, 0.2) is 42.5 Å². The standard InChI is InChI=1S/C23H28N4O4/c1-16(2)26-23(29)27-19-9-6-17(7-10-19)15-25-22(28)5-4-12-31-20-11-8-18(14-24)13-21(20)30-3/h6-11,13,16H,4-5,12,15H2,1-3H3,(H,25,28)(H2,26,27,29). The maximum atomic E-state index is 12.1. The zero-order chi connectivity index (χ0) is 22.6. The van der Waals surface area contributed by atoms with Crippen molar-refractivity contribution in [3.8, 4) is 17.6 Å². The number of benzene rings is 2. The zero-order valence-electron chi connectivity index (χ0n) is 18.0. The number of nitriles is 1. The molecule has 0 saturated heterocycles. The molecular weight excluding hydrogens is 396 g/mol. The molecule has 0 unspecified atom stereocenters. The smallest absolute Gasteiger partial charge is 0.319 e. The Morgan fingerprint density at radius 1 is 1.10 bits per heavy atom. The predicted octanol–water partition coefficient (Wildman–Crippen LogP) is 3.57. The molecule has 164 valence electrons. The summed E-state index contributed by atoms with van der Waals surface area (Å²) >= 11 is 0. The molecule has 0 heterocycles. The molecule has 0 aliphatic carbocycles. The molecule has 0 radical (unpaired) electrons. The third kappa shape index (κ3) is 8.26. The van der Waals surface area contributed by atoms with Gasteiger partial charge < -0.3 is 25.4 Å². The highest BCUT2D eigenvalue weighted by molar-refractivity contribution is 5.89. The fourth-order valence-corrected chi connectivity index (χ4v) is 2.70. The summed E-state index contributed by atoms with van der Waals surface area (Å²) in [6.07, 6.45) is 0.871. The van der Waals surface area contributed by atoms with Crippen LogP contribution in [0, 0.1) is 11.3 Å². The van der Waals surface area contributed by atoms with Gasteiger partial charge in [-0.2, -0.15) is 5.26 Å². The number of carbonyl (C=O) groups is 2. The first kappa shape index (κ1) is 23.5. The fourth-order valence-electron chi connectivity index (χ4n) is 2.70. The Morgan fingerprint density at radius 3 is 2.48 bits per heavy atom. The van der Waals surface area contributed by atoms with E-state index in [4.69, 9.17) is 14.7 Å². The van der Waals surface area contributed by atoms with Crippen LogP contribution < -0.4 is 25.4 Å². The number of methoxy groups -OCH3 is 1. The van der Waals surface area contributed by atoms with E-state index in [1.807, 2.05) is 32.0 Å². The zero-order valence-corrected chi connectivity index (χ0v) is 18.0. The molecule has 0 atom stereocenters. The molecule has 8 nitrogen and oxygen atoms in total. The van der Waals surface area contributed by atoms with E-state index in [1.165, 1.54) is 7.11 Å². The molecule has 0 aliphatic heterocycles. The van der Waals surface area contributed by atoms with Crippen LogP contribution in [0.2, 0.25) is 0 Å². The molecule has 3 N–H and O–H groups in total. The Labute approximate surface area is 182 Å². The molecule has 0 aliphatic rings. The van der Waals surface area contributed by atoms with E-state index in [-0.39, 0.29) is 18.0 Å². The van der Waals surface area contributed by atoms with Crippen molar-refractivity contribution >= 4 is 17.6 Å². The van der Waals surface area contributed by atoms with Crippen LogP contribution in [0.5, 0.6) is 11.5 Å². The van der Waals surface area contributed by atoms with Crippen LogP contribution in [0.1, 0.15) is 37.8 Å². The number of nitrogens with zero attached hydrogens (tertiary/aromatic N) is 1. The van der Waals surface area contributed by atoms with Crippen molar-refractivity contribution in [3.63, 3.8) is 0 Å². The molecule has 8 heteroatoms. The van der Waals surface area contributed by atoms with Crippen LogP contribution in [0.3, 0.4) is 0 Å². The first-order valence-electron chi connectivity index (χ1n) is 10.1. The van der Waals surface area contributed by atoms with Gasteiger partial charge >= 0.3 is 6.03 Å². The van der Waals surface area contributed by atoms with Crippen molar-refractivity contribution in [1.29, 1.82) is 5.26 Å². The molecule has 0 aromatic heterocycles. The van der Waals surface area contributed by atoms with Gasteiger partial charge in [-0.3, -0.25) is 4.79 Å². The van der Waals surface area contributed by atoms with Crippen LogP contribution in [-0.4, -0.2) is 31.7 Å². The van der Waals surface area contributed by atoms with Crippen LogP contribution >= 0.6 is 0 Å². The Kier molecular flexibility index (Phi) is 9.17. The lowest BCUT2D eigenvalue weighted by atomic mass is 10.2. The van der Waals surface area contributed by atoms with Crippen molar-refractivity contribution in [1.82, 2.24) is 10.6 Å². The summed E-state index contributed by atoms with van der Waals surface area (Å²) in [5, 5.41) is 17.3. The Hall–Kier alpha value is -3.73. The second kappa shape index (κ2) is 12.1. The number of hydrogen-bond donors (Lipinski definition) is 3. The minimum atomic E-state index is -0.253. The number of amides is 3. The predicted molar refractivity (Wildman–Crippen MR) is 118 cm³/mol. The Balaban J connectivity index is 1.69. The van der Waals surface area contributed by atoms with Gasteiger partial charge in [0, 0.05) is 30.8 Å².